The van der Waals surface area contributed by atoms with Crippen molar-refractivity contribution in [2.24, 2.45) is 11.8 Å². The highest BCUT2D eigenvalue weighted by atomic mass is 16.1. The molecule has 0 heterocycles. The molecule has 0 amide bonds. The summed E-state index contributed by atoms with van der Waals surface area (Å²) >= 11 is 0. The smallest absolute Gasteiger partial charge is 0.135 e. The Bertz CT molecular complexity index is 107. The number of carbonyl (C=O) groups excluding carboxylic acids is 1. The van der Waals surface area contributed by atoms with E-state index in [4.69, 9.17) is 0 Å². The molecule has 0 aromatic carbocycles. The van der Waals surface area contributed by atoms with Crippen LogP contribution in [0, 0.1) is 11.8 Å². The summed E-state index contributed by atoms with van der Waals surface area (Å²) in [5.41, 5.74) is 0. The molecule has 0 saturated carbocycles. The van der Waals surface area contributed by atoms with Crippen molar-refractivity contribution in [3.63, 3.8) is 0 Å². The van der Waals surface area contributed by atoms with Gasteiger partial charge in [0.25, 0.3) is 0 Å². The Hall–Kier alpha value is -0.330. The molecule has 0 bridgehead atoms. The van der Waals surface area contributed by atoms with E-state index in [1.807, 2.05) is 13.8 Å². The van der Waals surface area contributed by atoms with Crippen molar-refractivity contribution in [1.29, 1.82) is 0 Å². The molecule has 0 aromatic heterocycles. The Morgan fingerprint density at radius 1 is 1.30 bits per heavy atom. The number of hydrogen-bond acceptors (Lipinski definition) is 1. The van der Waals surface area contributed by atoms with E-state index in [0.717, 1.165) is 6.42 Å². The first kappa shape index (κ1) is 9.67. The van der Waals surface area contributed by atoms with E-state index in [1.54, 1.807) is 0 Å². The molecule has 0 fully saturated rings. The molecule has 0 unspecified atom stereocenters. The highest BCUT2D eigenvalue weighted by Crippen LogP contribution is 2.16. The van der Waals surface area contributed by atoms with Crippen molar-refractivity contribution in [2.75, 3.05) is 0 Å². The SMILES string of the molecule is CCC(=O)[C@H](C)[C@H](C)CC. The second kappa shape index (κ2) is 4.48. The van der Waals surface area contributed by atoms with E-state index >= 15 is 0 Å². The molecule has 0 spiro atoms. The highest BCUT2D eigenvalue weighted by Gasteiger charge is 2.15. The van der Waals surface area contributed by atoms with E-state index in [-0.39, 0.29) is 5.92 Å². The second-order valence-electron chi connectivity index (χ2n) is 2.99. The van der Waals surface area contributed by atoms with Crippen molar-refractivity contribution in [2.45, 2.75) is 40.5 Å². The molecule has 1 heteroatoms. The Labute approximate surface area is 63.8 Å². The van der Waals surface area contributed by atoms with E-state index in [2.05, 4.69) is 13.8 Å². The zero-order valence-corrected chi connectivity index (χ0v) is 7.48. The lowest BCUT2D eigenvalue weighted by atomic mass is 9.89. The summed E-state index contributed by atoms with van der Waals surface area (Å²) in [6.45, 7) is 8.23. The number of Topliss-reactive ketones (excluding diaryl/α,β-unsaturated/α-hetero) is 1. The molecular formula is C9H18O. The third kappa shape index (κ3) is 2.51. The highest BCUT2D eigenvalue weighted by molar-refractivity contribution is 5.80. The van der Waals surface area contributed by atoms with Gasteiger partial charge in [-0.15, -0.1) is 0 Å². The maximum Gasteiger partial charge on any atom is 0.135 e. The van der Waals surface area contributed by atoms with Gasteiger partial charge in [0.2, 0.25) is 0 Å². The van der Waals surface area contributed by atoms with Gasteiger partial charge in [-0.1, -0.05) is 34.1 Å². The molecule has 1 nitrogen and oxygen atoms in total. The lowest BCUT2D eigenvalue weighted by molar-refractivity contribution is -0.123. The van der Waals surface area contributed by atoms with Crippen LogP contribution in [0.2, 0.25) is 0 Å². The van der Waals surface area contributed by atoms with Crippen molar-refractivity contribution < 1.29 is 4.79 Å². The molecule has 0 radical (unpaired) electrons. The Morgan fingerprint density at radius 2 is 1.80 bits per heavy atom. The quantitative estimate of drug-likeness (QED) is 0.589. The number of ketones is 1. The van der Waals surface area contributed by atoms with Crippen LogP contribution in [-0.4, -0.2) is 5.78 Å². The molecule has 0 saturated heterocycles. The Morgan fingerprint density at radius 3 is 2.10 bits per heavy atom. The molecule has 0 rings (SSSR count). The minimum Gasteiger partial charge on any atom is -0.299 e. The monoisotopic (exact) mass is 142 g/mol. The third-order valence-electron chi connectivity index (χ3n) is 2.35. The van der Waals surface area contributed by atoms with Gasteiger partial charge in [-0.3, -0.25) is 4.79 Å². The van der Waals surface area contributed by atoms with Crippen LogP contribution in [0.4, 0.5) is 0 Å². The molecular weight excluding hydrogens is 124 g/mol. The summed E-state index contributed by atoms with van der Waals surface area (Å²) in [4.78, 5) is 11.1. The fraction of sp³-hybridized carbons (Fsp3) is 0.889. The fourth-order valence-corrected chi connectivity index (χ4v) is 0.993. The van der Waals surface area contributed by atoms with Gasteiger partial charge in [-0.2, -0.15) is 0 Å². The Kier molecular flexibility index (Phi) is 4.33. The van der Waals surface area contributed by atoms with Crippen LogP contribution in [0.3, 0.4) is 0 Å². The topological polar surface area (TPSA) is 17.1 Å². The third-order valence-corrected chi connectivity index (χ3v) is 2.35. The number of rotatable bonds is 4. The van der Waals surface area contributed by atoms with Crippen LogP contribution in [0.1, 0.15) is 40.5 Å². The predicted octanol–water partition coefficient (Wildman–Crippen LogP) is 2.65. The van der Waals surface area contributed by atoms with Gasteiger partial charge >= 0.3 is 0 Å². The minimum absolute atomic E-state index is 0.259. The largest absolute Gasteiger partial charge is 0.299 e. The van der Waals surface area contributed by atoms with Crippen LogP contribution in [0.5, 0.6) is 0 Å². The van der Waals surface area contributed by atoms with Crippen molar-refractivity contribution >= 4 is 5.78 Å². The molecule has 0 aliphatic carbocycles. The second-order valence-corrected chi connectivity index (χ2v) is 2.99. The Balaban J connectivity index is 3.81. The van der Waals surface area contributed by atoms with Crippen LogP contribution >= 0.6 is 0 Å². The summed E-state index contributed by atoms with van der Waals surface area (Å²) in [6, 6.07) is 0. The summed E-state index contributed by atoms with van der Waals surface area (Å²) < 4.78 is 0. The van der Waals surface area contributed by atoms with Crippen LogP contribution in [-0.2, 0) is 4.79 Å². The summed E-state index contributed by atoms with van der Waals surface area (Å²) in [5, 5.41) is 0. The minimum atomic E-state index is 0.259. The maximum atomic E-state index is 11.1. The van der Waals surface area contributed by atoms with Gasteiger partial charge in [-0.05, 0) is 5.92 Å². The first-order valence-electron chi connectivity index (χ1n) is 4.16. The van der Waals surface area contributed by atoms with Gasteiger partial charge in [0.05, 0.1) is 0 Å². The average molecular weight is 142 g/mol. The van der Waals surface area contributed by atoms with E-state index < -0.39 is 0 Å². The molecule has 0 aliphatic heterocycles. The predicted molar refractivity (Wildman–Crippen MR) is 43.9 cm³/mol. The lowest BCUT2D eigenvalue weighted by Gasteiger charge is -2.15. The fourth-order valence-electron chi connectivity index (χ4n) is 0.993. The van der Waals surface area contributed by atoms with Gasteiger partial charge in [0.15, 0.2) is 0 Å². The van der Waals surface area contributed by atoms with Gasteiger partial charge in [-0.25, -0.2) is 0 Å². The maximum absolute atomic E-state index is 11.1. The lowest BCUT2D eigenvalue weighted by Crippen LogP contribution is -2.17. The summed E-state index contributed by atoms with van der Waals surface area (Å²) in [7, 11) is 0. The molecule has 10 heavy (non-hydrogen) atoms. The van der Waals surface area contributed by atoms with Crippen molar-refractivity contribution in [3.8, 4) is 0 Å². The number of hydrogen-bond donors (Lipinski definition) is 0. The zero-order valence-electron chi connectivity index (χ0n) is 7.48. The molecule has 0 aromatic rings. The zero-order chi connectivity index (χ0) is 8.15. The van der Waals surface area contributed by atoms with E-state index in [1.165, 1.54) is 0 Å². The van der Waals surface area contributed by atoms with Gasteiger partial charge in [0.1, 0.15) is 5.78 Å². The molecule has 2 atom stereocenters. The number of carbonyl (C=O) groups is 1. The van der Waals surface area contributed by atoms with Crippen LogP contribution in [0.15, 0.2) is 0 Å². The van der Waals surface area contributed by atoms with Gasteiger partial charge < -0.3 is 0 Å². The molecule has 0 aliphatic rings. The van der Waals surface area contributed by atoms with Crippen LogP contribution in [0.25, 0.3) is 0 Å². The van der Waals surface area contributed by atoms with Crippen molar-refractivity contribution in [1.82, 2.24) is 0 Å². The van der Waals surface area contributed by atoms with Crippen molar-refractivity contribution in [3.05, 3.63) is 0 Å². The van der Waals surface area contributed by atoms with E-state index in [0.29, 0.717) is 18.1 Å². The molecule has 60 valence electrons. The normalized spacial score (nSPS) is 16.4. The van der Waals surface area contributed by atoms with Crippen LogP contribution < -0.4 is 0 Å². The molecule has 0 N–H and O–H groups in total. The first-order valence-corrected chi connectivity index (χ1v) is 4.16. The summed E-state index contributed by atoms with van der Waals surface area (Å²) in [5.74, 6) is 1.21. The van der Waals surface area contributed by atoms with Gasteiger partial charge in [0, 0.05) is 12.3 Å². The standard InChI is InChI=1S/C9H18O/c1-5-7(3)8(4)9(10)6-2/h7-8H,5-6H2,1-4H3/t7-,8-/m1/s1. The first-order chi connectivity index (χ1) is 4.63. The summed E-state index contributed by atoms with van der Waals surface area (Å²) in [6.07, 6.45) is 1.79. The van der Waals surface area contributed by atoms with E-state index in [9.17, 15) is 4.79 Å². The average Bonchev–Trinajstić information content (AvgIpc) is 2.00.